The molecule has 1 aliphatic heterocycles. The molecular weight excluding hydrogens is 424 g/mol. The van der Waals surface area contributed by atoms with E-state index >= 15 is 0 Å². The topological polar surface area (TPSA) is 68.6 Å². The van der Waals surface area contributed by atoms with Gasteiger partial charge in [0.25, 0.3) is 0 Å². The number of amides is 1. The second-order valence-corrected chi connectivity index (χ2v) is 11.4. The zero-order chi connectivity index (χ0) is 23.1. The van der Waals surface area contributed by atoms with Crippen molar-refractivity contribution in [3.63, 3.8) is 0 Å². The molecule has 170 valence electrons. The maximum atomic E-state index is 13.0. The third-order valence-electron chi connectivity index (χ3n) is 5.88. The summed E-state index contributed by atoms with van der Waals surface area (Å²) in [7, 11) is -3.56. The number of hydrogen-bond acceptors (Lipinski definition) is 4. The predicted octanol–water partition coefficient (Wildman–Crippen LogP) is 5.35. The second-order valence-electron chi connectivity index (χ2n) is 9.41. The largest absolute Gasteiger partial charge is 0.444 e. The Morgan fingerprint density at radius 1 is 1.00 bits per heavy atom. The molecule has 32 heavy (non-hydrogen) atoms. The summed E-state index contributed by atoms with van der Waals surface area (Å²) in [6.45, 7) is 8.90. The minimum Gasteiger partial charge on any atom is -0.444 e. The van der Waals surface area contributed by atoms with Gasteiger partial charge in [-0.3, -0.25) is 0 Å². The maximum absolute atomic E-state index is 13.0. The Balaban J connectivity index is 1.57. The highest BCUT2D eigenvalue weighted by Gasteiger charge is 2.28. The molecular formula is C25H30N2O4S. The van der Waals surface area contributed by atoms with Crippen molar-refractivity contribution >= 4 is 26.8 Å². The zero-order valence-corrected chi connectivity index (χ0v) is 19.9. The second kappa shape index (κ2) is 8.28. The highest BCUT2D eigenvalue weighted by Crippen LogP contribution is 2.33. The van der Waals surface area contributed by atoms with Gasteiger partial charge in [-0.25, -0.2) is 13.2 Å². The molecule has 1 aromatic heterocycles. The van der Waals surface area contributed by atoms with Gasteiger partial charge in [-0.2, -0.15) is 0 Å². The smallest absolute Gasteiger partial charge is 0.410 e. The molecule has 0 spiro atoms. The lowest BCUT2D eigenvalue weighted by molar-refractivity contribution is 0.0189. The van der Waals surface area contributed by atoms with E-state index in [1.807, 2.05) is 33.8 Å². The normalized spacial score (nSPS) is 15.8. The SMILES string of the molecule is Cc1cn(C2CCN(C(=O)OC(C)(C)C)CC2)c2ccc(S(=O)(=O)c3ccccc3)cc12. The highest BCUT2D eigenvalue weighted by molar-refractivity contribution is 7.91. The van der Waals surface area contributed by atoms with Gasteiger partial charge in [0.2, 0.25) is 9.84 Å². The molecule has 1 aliphatic rings. The van der Waals surface area contributed by atoms with Crippen molar-refractivity contribution < 1.29 is 17.9 Å². The Morgan fingerprint density at radius 2 is 1.66 bits per heavy atom. The van der Waals surface area contributed by atoms with Crippen LogP contribution < -0.4 is 0 Å². The number of aromatic nitrogens is 1. The molecule has 2 aromatic carbocycles. The fourth-order valence-electron chi connectivity index (χ4n) is 4.26. The Bertz CT molecular complexity index is 1230. The number of piperidine rings is 1. The average Bonchev–Trinajstić information content (AvgIpc) is 3.09. The number of likely N-dealkylation sites (tertiary alicyclic amines) is 1. The van der Waals surface area contributed by atoms with E-state index in [1.54, 1.807) is 47.4 Å². The van der Waals surface area contributed by atoms with Crippen LogP contribution in [0.25, 0.3) is 10.9 Å². The fraction of sp³-hybridized carbons (Fsp3) is 0.400. The number of nitrogens with zero attached hydrogens (tertiary/aromatic N) is 2. The Labute approximate surface area is 189 Å². The number of fused-ring (bicyclic) bond motifs is 1. The molecule has 2 heterocycles. The first-order valence-corrected chi connectivity index (χ1v) is 12.4. The van der Waals surface area contributed by atoms with E-state index < -0.39 is 15.4 Å². The van der Waals surface area contributed by atoms with Crippen LogP contribution >= 0.6 is 0 Å². The molecule has 0 radical (unpaired) electrons. The van der Waals surface area contributed by atoms with E-state index in [4.69, 9.17) is 4.74 Å². The number of carbonyl (C=O) groups excluding carboxylic acids is 1. The third-order valence-corrected chi connectivity index (χ3v) is 7.64. The van der Waals surface area contributed by atoms with E-state index in [1.165, 1.54) is 0 Å². The van der Waals surface area contributed by atoms with Gasteiger partial charge >= 0.3 is 6.09 Å². The van der Waals surface area contributed by atoms with E-state index in [0.29, 0.717) is 22.9 Å². The zero-order valence-electron chi connectivity index (χ0n) is 19.0. The highest BCUT2D eigenvalue weighted by atomic mass is 32.2. The molecule has 0 unspecified atom stereocenters. The molecule has 6 nitrogen and oxygen atoms in total. The number of rotatable bonds is 3. The number of hydrogen-bond donors (Lipinski definition) is 0. The lowest BCUT2D eigenvalue weighted by Gasteiger charge is -2.34. The van der Waals surface area contributed by atoms with Crippen molar-refractivity contribution in [1.29, 1.82) is 0 Å². The summed E-state index contributed by atoms with van der Waals surface area (Å²) in [5.41, 5.74) is 1.56. The maximum Gasteiger partial charge on any atom is 0.410 e. The van der Waals surface area contributed by atoms with Gasteiger partial charge in [0.15, 0.2) is 0 Å². The minimum atomic E-state index is -3.56. The molecule has 1 amide bonds. The van der Waals surface area contributed by atoms with Crippen molar-refractivity contribution in [2.24, 2.45) is 0 Å². The summed E-state index contributed by atoms with van der Waals surface area (Å²) in [6, 6.07) is 14.1. The summed E-state index contributed by atoms with van der Waals surface area (Å²) >= 11 is 0. The number of benzene rings is 2. The van der Waals surface area contributed by atoms with E-state index in [9.17, 15) is 13.2 Å². The number of carbonyl (C=O) groups is 1. The third kappa shape index (κ3) is 4.39. The summed E-state index contributed by atoms with van der Waals surface area (Å²) in [4.78, 5) is 14.7. The number of ether oxygens (including phenoxy) is 1. The van der Waals surface area contributed by atoms with Crippen LogP contribution in [-0.2, 0) is 14.6 Å². The summed E-state index contributed by atoms with van der Waals surface area (Å²) in [6.07, 6.45) is 3.48. The standard InChI is InChI=1S/C25H30N2O4S/c1-18-17-27(19-12-14-26(15-13-19)24(28)31-25(2,3)4)23-11-10-21(16-22(18)23)32(29,30)20-8-6-5-7-9-20/h5-11,16-17,19H,12-15H2,1-4H3. The Morgan fingerprint density at radius 3 is 2.28 bits per heavy atom. The Hall–Kier alpha value is -2.80. The first-order chi connectivity index (χ1) is 15.1. The van der Waals surface area contributed by atoms with Crippen molar-refractivity contribution in [3.05, 3.63) is 60.3 Å². The number of aryl methyl sites for hydroxylation is 1. The average molecular weight is 455 g/mol. The van der Waals surface area contributed by atoms with E-state index in [-0.39, 0.29) is 12.1 Å². The molecule has 1 fully saturated rings. The van der Waals surface area contributed by atoms with Crippen LogP contribution in [-0.4, -0.2) is 42.7 Å². The van der Waals surface area contributed by atoms with Crippen LogP contribution in [0.4, 0.5) is 4.79 Å². The first-order valence-electron chi connectivity index (χ1n) is 11.0. The van der Waals surface area contributed by atoms with Crippen molar-refractivity contribution in [1.82, 2.24) is 9.47 Å². The van der Waals surface area contributed by atoms with Crippen molar-refractivity contribution in [2.45, 2.75) is 62.0 Å². The molecule has 0 bridgehead atoms. The summed E-state index contributed by atoms with van der Waals surface area (Å²) in [5, 5.41) is 0.941. The van der Waals surface area contributed by atoms with E-state index in [0.717, 1.165) is 29.3 Å². The molecule has 0 atom stereocenters. The molecule has 7 heteroatoms. The lowest BCUT2D eigenvalue weighted by Crippen LogP contribution is -2.42. The quantitative estimate of drug-likeness (QED) is 0.535. The first kappa shape index (κ1) is 22.4. The van der Waals surface area contributed by atoms with Crippen molar-refractivity contribution in [3.8, 4) is 0 Å². The lowest BCUT2D eigenvalue weighted by atomic mass is 10.0. The molecule has 1 saturated heterocycles. The van der Waals surface area contributed by atoms with E-state index in [2.05, 4.69) is 10.8 Å². The Kier molecular flexibility index (Phi) is 5.79. The van der Waals surface area contributed by atoms with Crippen LogP contribution in [0.15, 0.2) is 64.5 Å². The van der Waals surface area contributed by atoms with Gasteiger partial charge in [0.1, 0.15) is 5.60 Å². The van der Waals surface area contributed by atoms with Crippen molar-refractivity contribution in [2.75, 3.05) is 13.1 Å². The molecule has 3 aromatic rings. The minimum absolute atomic E-state index is 0.251. The van der Waals surface area contributed by atoms with Gasteiger partial charge in [0.05, 0.1) is 9.79 Å². The van der Waals surface area contributed by atoms with Crippen LogP contribution in [0.5, 0.6) is 0 Å². The predicted molar refractivity (Wildman–Crippen MR) is 125 cm³/mol. The molecule has 0 saturated carbocycles. The van der Waals surface area contributed by atoms with Gasteiger partial charge in [-0.15, -0.1) is 0 Å². The number of sulfone groups is 1. The van der Waals surface area contributed by atoms with Gasteiger partial charge in [0, 0.05) is 36.2 Å². The van der Waals surface area contributed by atoms with Crippen LogP contribution in [0, 0.1) is 6.92 Å². The molecule has 0 aliphatic carbocycles. The summed E-state index contributed by atoms with van der Waals surface area (Å²) in [5.74, 6) is 0. The van der Waals surface area contributed by atoms with Gasteiger partial charge in [-0.1, -0.05) is 18.2 Å². The van der Waals surface area contributed by atoms with Crippen LogP contribution in [0.3, 0.4) is 0 Å². The fourth-order valence-corrected chi connectivity index (χ4v) is 5.57. The molecule has 4 rings (SSSR count). The van der Waals surface area contributed by atoms with Crippen LogP contribution in [0.2, 0.25) is 0 Å². The molecule has 0 N–H and O–H groups in total. The summed E-state index contributed by atoms with van der Waals surface area (Å²) < 4.78 is 33.8. The van der Waals surface area contributed by atoms with Gasteiger partial charge in [-0.05, 0) is 76.4 Å². The van der Waals surface area contributed by atoms with Crippen LogP contribution in [0.1, 0.15) is 45.2 Å². The van der Waals surface area contributed by atoms with Gasteiger partial charge < -0.3 is 14.2 Å². The monoisotopic (exact) mass is 454 g/mol.